The fourth-order valence-corrected chi connectivity index (χ4v) is 2.83. The molecule has 1 fully saturated rings. The molecule has 1 aromatic carbocycles. The van der Waals surface area contributed by atoms with E-state index in [1.807, 2.05) is 12.1 Å². The van der Waals surface area contributed by atoms with E-state index in [0.717, 1.165) is 31.1 Å². The van der Waals surface area contributed by atoms with Gasteiger partial charge in [0.15, 0.2) is 0 Å². The van der Waals surface area contributed by atoms with Crippen molar-refractivity contribution in [2.24, 2.45) is 0 Å². The number of nitrogens with zero attached hydrogens (tertiary/aromatic N) is 2. The number of nitrogens with one attached hydrogen (secondary N) is 1. The van der Waals surface area contributed by atoms with Crippen LogP contribution in [-0.4, -0.2) is 62.2 Å². The summed E-state index contributed by atoms with van der Waals surface area (Å²) in [7, 11) is 4.43. The standard InChI is InChI=1S/C16H26ClN3/c1-13(10-14-4-6-15(17)7-5-14)18-11-16-12-19(2)8-9-20(16)3/h4-7,13,16,18H,8-12H2,1-3H3. The average molecular weight is 296 g/mol. The van der Waals surface area contributed by atoms with Crippen molar-refractivity contribution in [3.63, 3.8) is 0 Å². The van der Waals surface area contributed by atoms with Crippen molar-refractivity contribution in [1.29, 1.82) is 0 Å². The molecule has 3 nitrogen and oxygen atoms in total. The third-order valence-electron chi connectivity index (χ3n) is 4.14. The van der Waals surface area contributed by atoms with Gasteiger partial charge in [-0.3, -0.25) is 4.90 Å². The summed E-state index contributed by atoms with van der Waals surface area (Å²) in [4.78, 5) is 4.87. The van der Waals surface area contributed by atoms with Gasteiger partial charge < -0.3 is 10.2 Å². The molecule has 0 bridgehead atoms. The SMILES string of the molecule is CC(Cc1ccc(Cl)cc1)NCC1CN(C)CCN1C. The van der Waals surface area contributed by atoms with Crippen molar-refractivity contribution in [3.8, 4) is 0 Å². The van der Waals surface area contributed by atoms with E-state index in [4.69, 9.17) is 11.6 Å². The van der Waals surface area contributed by atoms with Gasteiger partial charge in [-0.05, 0) is 45.1 Å². The van der Waals surface area contributed by atoms with Gasteiger partial charge in [0.25, 0.3) is 0 Å². The molecule has 1 aliphatic rings. The third-order valence-corrected chi connectivity index (χ3v) is 4.39. The number of hydrogen-bond acceptors (Lipinski definition) is 3. The molecule has 1 aliphatic heterocycles. The molecule has 112 valence electrons. The Balaban J connectivity index is 1.76. The highest BCUT2D eigenvalue weighted by molar-refractivity contribution is 6.30. The Morgan fingerprint density at radius 2 is 1.95 bits per heavy atom. The van der Waals surface area contributed by atoms with Crippen LogP contribution in [0.15, 0.2) is 24.3 Å². The second kappa shape index (κ2) is 7.41. The lowest BCUT2D eigenvalue weighted by atomic mass is 10.1. The van der Waals surface area contributed by atoms with Gasteiger partial charge in [-0.15, -0.1) is 0 Å². The number of likely N-dealkylation sites (N-methyl/N-ethyl adjacent to an activating group) is 2. The first-order valence-corrected chi connectivity index (χ1v) is 7.79. The summed E-state index contributed by atoms with van der Waals surface area (Å²) >= 11 is 5.91. The van der Waals surface area contributed by atoms with Crippen LogP contribution in [0.2, 0.25) is 5.02 Å². The van der Waals surface area contributed by atoms with Gasteiger partial charge >= 0.3 is 0 Å². The van der Waals surface area contributed by atoms with Crippen LogP contribution in [0.1, 0.15) is 12.5 Å². The number of piperazine rings is 1. The van der Waals surface area contributed by atoms with E-state index in [9.17, 15) is 0 Å². The van der Waals surface area contributed by atoms with E-state index in [-0.39, 0.29) is 0 Å². The lowest BCUT2D eigenvalue weighted by Crippen LogP contribution is -2.54. The van der Waals surface area contributed by atoms with Crippen LogP contribution >= 0.6 is 11.6 Å². The molecule has 0 radical (unpaired) electrons. The summed E-state index contributed by atoms with van der Waals surface area (Å²) in [5.74, 6) is 0. The zero-order valence-electron chi connectivity index (χ0n) is 12.8. The number of rotatable bonds is 5. The minimum Gasteiger partial charge on any atom is -0.312 e. The molecule has 2 atom stereocenters. The second-order valence-corrected chi connectivity index (χ2v) is 6.47. The fourth-order valence-electron chi connectivity index (χ4n) is 2.71. The van der Waals surface area contributed by atoms with E-state index in [1.54, 1.807) is 0 Å². The van der Waals surface area contributed by atoms with Crippen LogP contribution in [-0.2, 0) is 6.42 Å². The van der Waals surface area contributed by atoms with Crippen molar-refractivity contribution in [3.05, 3.63) is 34.9 Å². The maximum Gasteiger partial charge on any atom is 0.0406 e. The minimum atomic E-state index is 0.483. The fraction of sp³-hybridized carbons (Fsp3) is 0.625. The first-order chi connectivity index (χ1) is 9.54. The van der Waals surface area contributed by atoms with Crippen LogP contribution in [0.3, 0.4) is 0 Å². The molecule has 1 heterocycles. The van der Waals surface area contributed by atoms with Gasteiger partial charge in [-0.2, -0.15) is 0 Å². The van der Waals surface area contributed by atoms with Crippen LogP contribution in [0.25, 0.3) is 0 Å². The molecule has 0 amide bonds. The van der Waals surface area contributed by atoms with E-state index >= 15 is 0 Å². The summed E-state index contributed by atoms with van der Waals surface area (Å²) in [5.41, 5.74) is 1.34. The smallest absolute Gasteiger partial charge is 0.0406 e. The van der Waals surface area contributed by atoms with E-state index in [1.165, 1.54) is 12.1 Å². The molecular formula is C16H26ClN3. The molecule has 1 N–H and O–H groups in total. The highest BCUT2D eigenvalue weighted by Crippen LogP contribution is 2.11. The van der Waals surface area contributed by atoms with E-state index in [2.05, 4.69) is 48.3 Å². The molecule has 4 heteroatoms. The summed E-state index contributed by atoms with van der Waals surface area (Å²) in [6, 6.07) is 9.25. The number of hydrogen-bond donors (Lipinski definition) is 1. The quantitative estimate of drug-likeness (QED) is 0.897. The van der Waals surface area contributed by atoms with Crippen molar-refractivity contribution >= 4 is 11.6 Å². The summed E-state index contributed by atoms with van der Waals surface area (Å²) < 4.78 is 0. The first kappa shape index (κ1) is 15.8. The maximum atomic E-state index is 5.91. The van der Waals surface area contributed by atoms with Gasteiger partial charge in [0.1, 0.15) is 0 Å². The minimum absolute atomic E-state index is 0.483. The van der Waals surface area contributed by atoms with Crippen LogP contribution in [0, 0.1) is 0 Å². The molecule has 1 aromatic rings. The molecular weight excluding hydrogens is 270 g/mol. The third kappa shape index (κ3) is 4.74. The Morgan fingerprint density at radius 1 is 1.25 bits per heavy atom. The molecule has 0 aliphatic carbocycles. The Bertz CT molecular complexity index is 407. The average Bonchev–Trinajstić information content (AvgIpc) is 2.42. The largest absolute Gasteiger partial charge is 0.312 e. The number of halogens is 1. The summed E-state index contributed by atoms with van der Waals surface area (Å²) in [6.07, 6.45) is 1.05. The molecule has 20 heavy (non-hydrogen) atoms. The van der Waals surface area contributed by atoms with Gasteiger partial charge in [-0.1, -0.05) is 23.7 Å². The lowest BCUT2D eigenvalue weighted by Gasteiger charge is -2.38. The Labute approximate surface area is 127 Å². The predicted octanol–water partition coefficient (Wildman–Crippen LogP) is 2.11. The maximum absolute atomic E-state index is 5.91. The Kier molecular flexibility index (Phi) is 5.85. The topological polar surface area (TPSA) is 18.5 Å². The Morgan fingerprint density at radius 3 is 2.65 bits per heavy atom. The molecule has 0 aromatic heterocycles. The summed E-state index contributed by atoms with van der Waals surface area (Å²) in [5, 5.41) is 4.47. The number of benzene rings is 1. The zero-order chi connectivity index (χ0) is 14.5. The summed E-state index contributed by atoms with van der Waals surface area (Å²) in [6.45, 7) is 6.79. The first-order valence-electron chi connectivity index (χ1n) is 7.41. The van der Waals surface area contributed by atoms with Gasteiger partial charge in [-0.25, -0.2) is 0 Å². The van der Waals surface area contributed by atoms with Crippen molar-refractivity contribution in [2.45, 2.75) is 25.4 Å². The second-order valence-electron chi connectivity index (χ2n) is 6.04. The van der Waals surface area contributed by atoms with E-state index in [0.29, 0.717) is 12.1 Å². The van der Waals surface area contributed by atoms with Gasteiger partial charge in [0.05, 0.1) is 0 Å². The van der Waals surface area contributed by atoms with Crippen molar-refractivity contribution < 1.29 is 0 Å². The molecule has 0 saturated carbocycles. The highest BCUT2D eigenvalue weighted by Gasteiger charge is 2.22. The molecule has 2 rings (SSSR count). The van der Waals surface area contributed by atoms with Gasteiger partial charge in [0.2, 0.25) is 0 Å². The molecule has 0 spiro atoms. The van der Waals surface area contributed by atoms with Crippen molar-refractivity contribution in [2.75, 3.05) is 40.3 Å². The van der Waals surface area contributed by atoms with Crippen molar-refractivity contribution in [1.82, 2.24) is 15.1 Å². The lowest BCUT2D eigenvalue weighted by molar-refractivity contribution is 0.112. The Hall–Kier alpha value is -0.610. The van der Waals surface area contributed by atoms with E-state index < -0.39 is 0 Å². The van der Waals surface area contributed by atoms with Crippen LogP contribution in [0.5, 0.6) is 0 Å². The molecule has 2 unspecified atom stereocenters. The predicted molar refractivity (Wildman–Crippen MR) is 86.5 cm³/mol. The zero-order valence-corrected chi connectivity index (χ0v) is 13.5. The normalized spacial score (nSPS) is 22.9. The highest BCUT2D eigenvalue weighted by atomic mass is 35.5. The molecule has 1 saturated heterocycles. The monoisotopic (exact) mass is 295 g/mol. The van der Waals surface area contributed by atoms with Crippen LogP contribution in [0.4, 0.5) is 0 Å². The van der Waals surface area contributed by atoms with Gasteiger partial charge in [0, 0.05) is 43.3 Å². The van der Waals surface area contributed by atoms with Crippen LogP contribution < -0.4 is 5.32 Å².